The molecule has 0 radical (unpaired) electrons. The number of thiazole rings is 2. The van der Waals surface area contributed by atoms with Gasteiger partial charge in [-0.25, -0.2) is 9.97 Å². The highest BCUT2D eigenvalue weighted by Gasteiger charge is 2.15. The zero-order chi connectivity index (χ0) is 18.1. The maximum atomic E-state index is 12.3. The molecule has 2 N–H and O–H groups in total. The number of rotatable bonds is 4. The first-order valence-electron chi connectivity index (χ1n) is 7.57. The monoisotopic (exact) mass is 384 g/mol. The summed E-state index contributed by atoms with van der Waals surface area (Å²) < 4.78 is 5.78. The number of hydrogen-bond acceptors (Lipinski definition) is 7. The second-order valence-corrected chi connectivity index (χ2v) is 7.08. The summed E-state index contributed by atoms with van der Waals surface area (Å²) in [5.74, 6) is 0.0228. The van der Waals surface area contributed by atoms with Crippen molar-refractivity contribution in [2.45, 2.75) is 6.92 Å². The number of furan rings is 1. The summed E-state index contributed by atoms with van der Waals surface area (Å²) in [6.07, 6.45) is 0. The normalized spacial score (nSPS) is 10.8. The molecule has 0 saturated heterocycles. The fourth-order valence-corrected chi connectivity index (χ4v) is 3.73. The Morgan fingerprint density at radius 3 is 2.62 bits per heavy atom. The highest BCUT2D eigenvalue weighted by atomic mass is 32.1. The fraction of sp³-hybridized carbons (Fsp3) is 0.0588. The topological polar surface area (TPSA) is 97.1 Å². The number of carbonyl (C=O) groups is 2. The van der Waals surface area contributed by atoms with Gasteiger partial charge in [0.05, 0.1) is 0 Å². The highest BCUT2D eigenvalue weighted by molar-refractivity contribution is 7.14. The van der Waals surface area contributed by atoms with E-state index >= 15 is 0 Å². The van der Waals surface area contributed by atoms with Gasteiger partial charge in [0.15, 0.2) is 16.0 Å². The fourth-order valence-electron chi connectivity index (χ4n) is 2.30. The van der Waals surface area contributed by atoms with E-state index in [-0.39, 0.29) is 17.5 Å². The molecule has 4 rings (SSSR count). The molecule has 2 amide bonds. The molecular weight excluding hydrogens is 372 g/mol. The number of carbonyl (C=O) groups excluding carboxylic acids is 2. The van der Waals surface area contributed by atoms with E-state index in [4.69, 9.17) is 4.42 Å². The van der Waals surface area contributed by atoms with Crippen LogP contribution in [-0.4, -0.2) is 21.8 Å². The Hall–Kier alpha value is -3.04. The zero-order valence-corrected chi connectivity index (χ0v) is 15.1. The lowest BCUT2D eigenvalue weighted by Crippen LogP contribution is -2.12. The van der Waals surface area contributed by atoms with E-state index in [1.807, 2.05) is 35.7 Å². The molecule has 0 aliphatic heterocycles. The molecular formula is C17H12N4O3S2. The number of benzene rings is 1. The minimum atomic E-state index is -0.386. The molecule has 1 aromatic carbocycles. The molecule has 3 heterocycles. The van der Waals surface area contributed by atoms with Crippen LogP contribution in [0.1, 0.15) is 17.4 Å². The second kappa shape index (κ2) is 6.70. The molecule has 0 saturated carbocycles. The van der Waals surface area contributed by atoms with E-state index in [1.165, 1.54) is 29.6 Å². The summed E-state index contributed by atoms with van der Waals surface area (Å²) in [6.45, 7) is 1.39. The molecule has 0 fully saturated rings. The van der Waals surface area contributed by atoms with Gasteiger partial charge >= 0.3 is 0 Å². The van der Waals surface area contributed by atoms with Gasteiger partial charge in [-0.3, -0.25) is 14.9 Å². The predicted octanol–water partition coefficient (Wildman–Crippen LogP) is 4.22. The van der Waals surface area contributed by atoms with Crippen LogP contribution in [0.5, 0.6) is 0 Å². The number of anilines is 2. The largest absolute Gasteiger partial charge is 0.454 e. The molecule has 0 spiro atoms. The number of aromatic nitrogens is 2. The van der Waals surface area contributed by atoms with Gasteiger partial charge in [-0.2, -0.15) is 0 Å². The van der Waals surface area contributed by atoms with Crippen molar-refractivity contribution in [1.82, 2.24) is 9.97 Å². The van der Waals surface area contributed by atoms with Gasteiger partial charge < -0.3 is 9.73 Å². The van der Waals surface area contributed by atoms with Crippen LogP contribution in [0.4, 0.5) is 10.3 Å². The number of para-hydroxylation sites is 1. The van der Waals surface area contributed by atoms with Crippen LogP contribution in [0.2, 0.25) is 0 Å². The smallest absolute Gasteiger partial charge is 0.276 e. The molecule has 0 aliphatic carbocycles. The predicted molar refractivity (Wildman–Crippen MR) is 102 cm³/mol. The lowest BCUT2D eigenvalue weighted by Gasteiger charge is -1.97. The number of nitrogens with one attached hydrogen (secondary N) is 2. The Balaban J connectivity index is 1.50. The Morgan fingerprint density at radius 2 is 1.81 bits per heavy atom. The first kappa shape index (κ1) is 16.4. The summed E-state index contributed by atoms with van der Waals surface area (Å²) in [5.41, 5.74) is 1.66. The van der Waals surface area contributed by atoms with Gasteiger partial charge in [-0.05, 0) is 12.1 Å². The Morgan fingerprint density at radius 1 is 1.04 bits per heavy atom. The molecule has 4 aromatic rings. The van der Waals surface area contributed by atoms with Crippen LogP contribution in [0, 0.1) is 0 Å². The Kier molecular flexibility index (Phi) is 4.23. The Bertz CT molecular complexity index is 1080. The van der Waals surface area contributed by atoms with Gasteiger partial charge in [-0.1, -0.05) is 18.2 Å². The van der Waals surface area contributed by atoms with Gasteiger partial charge in [0, 0.05) is 23.1 Å². The van der Waals surface area contributed by atoms with Gasteiger partial charge in [0.1, 0.15) is 17.0 Å². The molecule has 0 aliphatic rings. The van der Waals surface area contributed by atoms with Gasteiger partial charge in [0.25, 0.3) is 5.91 Å². The third-order valence-corrected chi connectivity index (χ3v) is 4.94. The van der Waals surface area contributed by atoms with Crippen LogP contribution in [-0.2, 0) is 4.79 Å². The van der Waals surface area contributed by atoms with E-state index in [0.717, 1.165) is 11.0 Å². The van der Waals surface area contributed by atoms with E-state index in [9.17, 15) is 9.59 Å². The van der Waals surface area contributed by atoms with Crippen molar-refractivity contribution >= 4 is 55.7 Å². The molecule has 0 unspecified atom stereocenters. The van der Waals surface area contributed by atoms with E-state index < -0.39 is 0 Å². The maximum Gasteiger partial charge on any atom is 0.276 e. The molecule has 26 heavy (non-hydrogen) atoms. The van der Waals surface area contributed by atoms with E-state index in [2.05, 4.69) is 20.6 Å². The molecule has 9 heteroatoms. The molecule has 0 atom stereocenters. The zero-order valence-electron chi connectivity index (χ0n) is 13.5. The average Bonchev–Trinajstić information content (AvgIpc) is 3.32. The average molecular weight is 384 g/mol. The molecule has 0 bridgehead atoms. The maximum absolute atomic E-state index is 12.3. The SMILES string of the molecule is CC(=O)Nc1nc(C(=O)Nc2nc(-c3cc4ccccc4o3)cs2)cs1. The molecule has 130 valence electrons. The number of fused-ring (bicyclic) bond motifs is 1. The summed E-state index contributed by atoms with van der Waals surface area (Å²) in [5, 5.41) is 10.5. The first-order valence-corrected chi connectivity index (χ1v) is 9.33. The van der Waals surface area contributed by atoms with Crippen molar-refractivity contribution in [3.05, 3.63) is 46.8 Å². The minimum absolute atomic E-state index is 0.222. The number of amides is 2. The summed E-state index contributed by atoms with van der Waals surface area (Å²) in [4.78, 5) is 31.8. The van der Waals surface area contributed by atoms with Gasteiger partial charge in [-0.15, -0.1) is 22.7 Å². The van der Waals surface area contributed by atoms with Crippen molar-refractivity contribution in [2.75, 3.05) is 10.6 Å². The Labute approximate surface area is 155 Å². The summed E-state index contributed by atoms with van der Waals surface area (Å²) in [6, 6.07) is 9.62. The van der Waals surface area contributed by atoms with Gasteiger partial charge in [0.2, 0.25) is 5.91 Å². The standard InChI is InChI=1S/C17H12N4O3S2/c1-9(22)18-16-20-12(8-26-16)15(23)21-17-19-11(7-25-17)14-6-10-4-2-3-5-13(10)24-14/h2-8H,1H3,(H,18,20,22)(H,19,21,23). The lowest BCUT2D eigenvalue weighted by molar-refractivity contribution is -0.114. The van der Waals surface area contributed by atoms with Crippen molar-refractivity contribution in [3.8, 4) is 11.5 Å². The van der Waals surface area contributed by atoms with Crippen LogP contribution in [0.25, 0.3) is 22.4 Å². The van der Waals surface area contributed by atoms with Crippen molar-refractivity contribution in [1.29, 1.82) is 0 Å². The quantitative estimate of drug-likeness (QED) is 0.549. The van der Waals surface area contributed by atoms with Crippen LogP contribution < -0.4 is 10.6 Å². The highest BCUT2D eigenvalue weighted by Crippen LogP contribution is 2.30. The van der Waals surface area contributed by atoms with E-state index in [0.29, 0.717) is 21.7 Å². The minimum Gasteiger partial charge on any atom is -0.454 e. The lowest BCUT2D eigenvalue weighted by atomic mass is 10.2. The number of nitrogens with zero attached hydrogens (tertiary/aromatic N) is 2. The van der Waals surface area contributed by atoms with Crippen molar-refractivity contribution in [3.63, 3.8) is 0 Å². The van der Waals surface area contributed by atoms with Crippen LogP contribution in [0.15, 0.2) is 45.5 Å². The summed E-state index contributed by atoms with van der Waals surface area (Å²) in [7, 11) is 0. The van der Waals surface area contributed by atoms with Crippen LogP contribution >= 0.6 is 22.7 Å². The summed E-state index contributed by atoms with van der Waals surface area (Å²) >= 11 is 2.48. The third-order valence-electron chi connectivity index (χ3n) is 3.42. The molecule has 7 nitrogen and oxygen atoms in total. The second-order valence-electron chi connectivity index (χ2n) is 5.36. The van der Waals surface area contributed by atoms with Crippen molar-refractivity contribution in [2.24, 2.45) is 0 Å². The third kappa shape index (κ3) is 3.35. The number of hydrogen-bond donors (Lipinski definition) is 2. The van der Waals surface area contributed by atoms with E-state index in [1.54, 1.807) is 5.38 Å². The first-order chi connectivity index (χ1) is 12.6. The molecule has 3 aromatic heterocycles. The van der Waals surface area contributed by atoms with Crippen LogP contribution in [0.3, 0.4) is 0 Å². The van der Waals surface area contributed by atoms with Crippen molar-refractivity contribution < 1.29 is 14.0 Å².